The summed E-state index contributed by atoms with van der Waals surface area (Å²) < 4.78 is 0. The molecular weight excluding hydrogens is 170 g/mol. The van der Waals surface area contributed by atoms with E-state index in [-0.39, 0.29) is 0 Å². The number of nitrogens with zero attached hydrogens (tertiary/aromatic N) is 1. The topological polar surface area (TPSA) is 3.24 Å². The van der Waals surface area contributed by atoms with Gasteiger partial charge in [0, 0.05) is 18.8 Å². The van der Waals surface area contributed by atoms with Crippen molar-refractivity contribution in [3.8, 4) is 0 Å². The summed E-state index contributed by atoms with van der Waals surface area (Å²) in [5.74, 6) is 1.64. The summed E-state index contributed by atoms with van der Waals surface area (Å²) in [7, 11) is 2.19. The lowest BCUT2D eigenvalue weighted by atomic mass is 9.82. The SMILES string of the molecule is C=C(CC1CCC1)N(C)C(C)C(C)C. The summed E-state index contributed by atoms with van der Waals surface area (Å²) in [4.78, 5) is 2.36. The molecule has 1 fully saturated rings. The van der Waals surface area contributed by atoms with Gasteiger partial charge in [-0.25, -0.2) is 0 Å². The lowest BCUT2D eigenvalue weighted by molar-refractivity contribution is 0.223. The molecule has 0 amide bonds. The minimum absolute atomic E-state index is 0.613. The third-order valence-corrected chi connectivity index (χ3v) is 3.82. The Morgan fingerprint density at radius 2 is 1.93 bits per heavy atom. The summed E-state index contributed by atoms with van der Waals surface area (Å²) in [5.41, 5.74) is 1.33. The van der Waals surface area contributed by atoms with Crippen LogP contribution >= 0.6 is 0 Å². The molecule has 0 aromatic carbocycles. The number of hydrogen-bond donors (Lipinski definition) is 0. The zero-order valence-electron chi connectivity index (χ0n) is 10.2. The average molecular weight is 195 g/mol. The van der Waals surface area contributed by atoms with Crippen LogP contribution in [0.25, 0.3) is 0 Å². The van der Waals surface area contributed by atoms with Crippen LogP contribution in [0.1, 0.15) is 46.5 Å². The Balaban J connectivity index is 2.34. The second-order valence-electron chi connectivity index (χ2n) is 5.16. The van der Waals surface area contributed by atoms with Gasteiger partial charge in [-0.2, -0.15) is 0 Å². The molecule has 0 radical (unpaired) electrons. The van der Waals surface area contributed by atoms with Crippen molar-refractivity contribution in [3.63, 3.8) is 0 Å². The highest BCUT2D eigenvalue weighted by molar-refractivity contribution is 4.98. The van der Waals surface area contributed by atoms with Gasteiger partial charge in [-0.3, -0.25) is 0 Å². The van der Waals surface area contributed by atoms with Crippen LogP contribution in [0.15, 0.2) is 12.3 Å². The third-order valence-electron chi connectivity index (χ3n) is 3.82. The molecule has 1 heteroatoms. The number of hydrogen-bond acceptors (Lipinski definition) is 1. The molecule has 1 aliphatic carbocycles. The molecule has 0 aliphatic heterocycles. The second-order valence-corrected chi connectivity index (χ2v) is 5.16. The van der Waals surface area contributed by atoms with Crippen LogP contribution in [-0.4, -0.2) is 18.0 Å². The fourth-order valence-electron chi connectivity index (χ4n) is 1.91. The Morgan fingerprint density at radius 3 is 2.29 bits per heavy atom. The predicted octanol–water partition coefficient (Wildman–Crippen LogP) is 3.67. The molecule has 0 spiro atoms. The van der Waals surface area contributed by atoms with E-state index in [4.69, 9.17) is 0 Å². The van der Waals surface area contributed by atoms with Crippen molar-refractivity contribution in [2.75, 3.05) is 7.05 Å². The van der Waals surface area contributed by atoms with E-state index in [1.165, 1.54) is 31.4 Å². The van der Waals surface area contributed by atoms with Gasteiger partial charge in [0.05, 0.1) is 0 Å². The highest BCUT2D eigenvalue weighted by Gasteiger charge is 2.21. The fourth-order valence-corrected chi connectivity index (χ4v) is 1.91. The van der Waals surface area contributed by atoms with Gasteiger partial charge in [0.15, 0.2) is 0 Å². The first-order valence-electron chi connectivity index (χ1n) is 5.93. The van der Waals surface area contributed by atoms with Crippen molar-refractivity contribution in [2.24, 2.45) is 11.8 Å². The first kappa shape index (κ1) is 11.6. The van der Waals surface area contributed by atoms with Gasteiger partial charge in [-0.05, 0) is 25.2 Å². The second kappa shape index (κ2) is 4.86. The van der Waals surface area contributed by atoms with Crippen molar-refractivity contribution in [1.29, 1.82) is 0 Å². The standard InChI is InChI=1S/C13H25N/c1-10(2)12(4)14(5)11(3)9-13-7-6-8-13/h10,12-13H,3,6-9H2,1-2,4-5H3. The van der Waals surface area contributed by atoms with Gasteiger partial charge in [0.1, 0.15) is 0 Å². The van der Waals surface area contributed by atoms with Crippen molar-refractivity contribution >= 4 is 0 Å². The van der Waals surface area contributed by atoms with Crippen molar-refractivity contribution in [2.45, 2.75) is 52.5 Å². The van der Waals surface area contributed by atoms with Crippen LogP contribution in [-0.2, 0) is 0 Å². The van der Waals surface area contributed by atoms with Crippen molar-refractivity contribution in [1.82, 2.24) is 4.90 Å². The summed E-state index contributed by atoms with van der Waals surface area (Å²) in [6.45, 7) is 11.0. The van der Waals surface area contributed by atoms with E-state index in [0.717, 1.165) is 5.92 Å². The third kappa shape index (κ3) is 2.76. The van der Waals surface area contributed by atoms with E-state index < -0.39 is 0 Å². The summed E-state index contributed by atoms with van der Waals surface area (Å²) in [6.07, 6.45) is 5.49. The maximum absolute atomic E-state index is 4.21. The lowest BCUT2D eigenvalue weighted by Crippen LogP contribution is -2.33. The normalized spacial score (nSPS) is 19.2. The van der Waals surface area contributed by atoms with Gasteiger partial charge in [-0.1, -0.05) is 39.7 Å². The Kier molecular flexibility index (Phi) is 4.03. The molecular formula is C13H25N. The number of allylic oxidation sites excluding steroid dienone is 1. The van der Waals surface area contributed by atoms with E-state index in [1.807, 2.05) is 0 Å². The molecule has 1 saturated carbocycles. The van der Waals surface area contributed by atoms with Crippen molar-refractivity contribution in [3.05, 3.63) is 12.3 Å². The first-order valence-corrected chi connectivity index (χ1v) is 5.93. The van der Waals surface area contributed by atoms with E-state index in [0.29, 0.717) is 12.0 Å². The molecule has 0 heterocycles. The molecule has 1 atom stereocenters. The summed E-state index contributed by atoms with van der Waals surface area (Å²) in [6, 6.07) is 0.613. The highest BCUT2D eigenvalue weighted by Crippen LogP contribution is 2.32. The molecule has 1 aliphatic rings. The predicted molar refractivity (Wildman–Crippen MR) is 63.2 cm³/mol. The Hall–Kier alpha value is -0.460. The molecule has 1 nitrogen and oxygen atoms in total. The van der Waals surface area contributed by atoms with E-state index in [1.54, 1.807) is 0 Å². The molecule has 0 aromatic rings. The molecule has 1 rings (SSSR count). The Morgan fingerprint density at radius 1 is 1.36 bits per heavy atom. The minimum Gasteiger partial charge on any atom is -0.375 e. The maximum atomic E-state index is 4.21. The lowest BCUT2D eigenvalue weighted by Gasteiger charge is -2.35. The molecule has 0 aromatic heterocycles. The summed E-state index contributed by atoms with van der Waals surface area (Å²) in [5, 5.41) is 0. The molecule has 14 heavy (non-hydrogen) atoms. The first-order chi connectivity index (χ1) is 6.52. The fraction of sp³-hybridized carbons (Fsp3) is 0.846. The van der Waals surface area contributed by atoms with Gasteiger partial charge in [-0.15, -0.1) is 0 Å². The Labute approximate surface area is 89.2 Å². The smallest absolute Gasteiger partial charge is 0.0278 e. The molecule has 1 unspecified atom stereocenters. The van der Waals surface area contributed by atoms with Crippen LogP contribution in [0.2, 0.25) is 0 Å². The van der Waals surface area contributed by atoms with Crippen LogP contribution in [0, 0.1) is 11.8 Å². The van der Waals surface area contributed by atoms with Gasteiger partial charge in [0.25, 0.3) is 0 Å². The van der Waals surface area contributed by atoms with Crippen molar-refractivity contribution < 1.29 is 0 Å². The van der Waals surface area contributed by atoms with Gasteiger partial charge < -0.3 is 4.90 Å². The molecule has 0 bridgehead atoms. The zero-order chi connectivity index (χ0) is 10.7. The molecule has 82 valence electrons. The van der Waals surface area contributed by atoms with Gasteiger partial charge in [0.2, 0.25) is 0 Å². The molecule has 0 N–H and O–H groups in total. The Bertz CT molecular complexity index is 191. The van der Waals surface area contributed by atoms with Crippen LogP contribution < -0.4 is 0 Å². The minimum atomic E-state index is 0.613. The van der Waals surface area contributed by atoms with Crippen LogP contribution in [0.5, 0.6) is 0 Å². The largest absolute Gasteiger partial charge is 0.375 e. The number of rotatable bonds is 5. The molecule has 0 saturated heterocycles. The van der Waals surface area contributed by atoms with Crippen LogP contribution in [0.3, 0.4) is 0 Å². The highest BCUT2D eigenvalue weighted by atomic mass is 15.1. The van der Waals surface area contributed by atoms with E-state index >= 15 is 0 Å². The van der Waals surface area contributed by atoms with Gasteiger partial charge >= 0.3 is 0 Å². The monoisotopic (exact) mass is 195 g/mol. The average Bonchev–Trinajstić information content (AvgIpc) is 2.08. The van der Waals surface area contributed by atoms with E-state index in [2.05, 4.69) is 39.3 Å². The summed E-state index contributed by atoms with van der Waals surface area (Å²) >= 11 is 0. The van der Waals surface area contributed by atoms with Crippen LogP contribution in [0.4, 0.5) is 0 Å². The zero-order valence-corrected chi connectivity index (χ0v) is 10.2. The maximum Gasteiger partial charge on any atom is 0.0278 e. The van der Waals surface area contributed by atoms with E-state index in [9.17, 15) is 0 Å². The quantitative estimate of drug-likeness (QED) is 0.647.